The average molecular weight is 600 g/mol. The number of fused-ring (bicyclic) bond motifs is 1. The van der Waals surface area contributed by atoms with Gasteiger partial charge in [0.25, 0.3) is 30.4 Å². The molecule has 0 amide bonds. The summed E-state index contributed by atoms with van der Waals surface area (Å²) in [5.41, 5.74) is 28.9. The molecular weight excluding hydrogens is 574 g/mol. The highest BCUT2D eigenvalue weighted by atomic mass is 32.2. The van der Waals surface area contributed by atoms with Gasteiger partial charge in [-0.15, -0.1) is 0 Å². The third-order valence-corrected chi connectivity index (χ3v) is 7.47. The molecule has 39 heavy (non-hydrogen) atoms. The lowest BCUT2D eigenvalue weighted by Crippen LogP contribution is -2.03. The van der Waals surface area contributed by atoms with Crippen molar-refractivity contribution in [3.63, 3.8) is 0 Å². The highest BCUT2D eigenvalue weighted by Crippen LogP contribution is 2.28. The molecule has 0 aliphatic heterocycles. The van der Waals surface area contributed by atoms with Crippen LogP contribution in [0, 0.1) is 0 Å². The molecule has 17 heteroatoms. The summed E-state index contributed by atoms with van der Waals surface area (Å²) in [5, 5.41) is 1.17. The van der Waals surface area contributed by atoms with Crippen molar-refractivity contribution in [2.75, 3.05) is 28.7 Å². The largest absolute Gasteiger partial charge is 0.399 e. The second kappa shape index (κ2) is 11.7. The molecular formula is C22H25N5O9S3. The summed E-state index contributed by atoms with van der Waals surface area (Å²) in [6, 6.07) is 16.5. The summed E-state index contributed by atoms with van der Waals surface area (Å²) in [4.78, 5) is -0.702. The van der Waals surface area contributed by atoms with Gasteiger partial charge in [-0.2, -0.15) is 25.3 Å². The van der Waals surface area contributed by atoms with Gasteiger partial charge in [0.1, 0.15) is 4.90 Å². The van der Waals surface area contributed by atoms with Crippen LogP contribution in [0.15, 0.2) is 87.5 Å². The molecule has 0 saturated heterocycles. The van der Waals surface area contributed by atoms with Crippen LogP contribution in [0.4, 0.5) is 28.4 Å². The van der Waals surface area contributed by atoms with Crippen LogP contribution in [0.25, 0.3) is 10.8 Å². The third kappa shape index (κ3) is 8.70. The first-order valence-corrected chi connectivity index (χ1v) is 14.6. The molecule has 0 aliphatic carbocycles. The molecule has 0 unspecified atom stereocenters. The van der Waals surface area contributed by atoms with Crippen LogP contribution in [0.1, 0.15) is 0 Å². The first-order chi connectivity index (χ1) is 17.8. The van der Waals surface area contributed by atoms with Crippen molar-refractivity contribution in [2.24, 2.45) is 0 Å². The molecule has 4 aromatic carbocycles. The Bertz CT molecular complexity index is 1830. The zero-order valence-electron chi connectivity index (χ0n) is 19.8. The second-order valence-corrected chi connectivity index (χ2v) is 12.0. The summed E-state index contributed by atoms with van der Waals surface area (Å²) in [6.45, 7) is 0. The summed E-state index contributed by atoms with van der Waals surface area (Å²) >= 11 is 0. The SMILES string of the molecule is Nc1ccc(N)c(S(=O)(=O)O)c1.Nc1ccc(N)c2cc(S(=O)(=O)O)ccc12.Nc1ccc(S(=O)(=O)O)cc1. The Hall–Kier alpha value is -4.13. The number of hydrogen-bond acceptors (Lipinski definition) is 11. The second-order valence-electron chi connectivity index (χ2n) is 7.74. The maximum Gasteiger partial charge on any atom is 0.296 e. The quantitative estimate of drug-likeness (QED) is 0.123. The summed E-state index contributed by atoms with van der Waals surface area (Å²) in [7, 11) is -12.6. The maximum absolute atomic E-state index is 11.0. The highest BCUT2D eigenvalue weighted by molar-refractivity contribution is 7.86. The fraction of sp³-hybridized carbons (Fsp3) is 0. The predicted molar refractivity (Wildman–Crippen MR) is 148 cm³/mol. The van der Waals surface area contributed by atoms with Gasteiger partial charge in [0.2, 0.25) is 0 Å². The fourth-order valence-electron chi connectivity index (χ4n) is 2.95. The van der Waals surface area contributed by atoms with E-state index in [0.717, 1.165) is 6.07 Å². The minimum Gasteiger partial charge on any atom is -0.399 e. The van der Waals surface area contributed by atoms with Gasteiger partial charge in [0.05, 0.1) is 15.5 Å². The topological polar surface area (TPSA) is 293 Å². The zero-order chi connectivity index (χ0) is 29.8. The molecule has 210 valence electrons. The van der Waals surface area contributed by atoms with Crippen LogP contribution in [-0.4, -0.2) is 38.9 Å². The molecule has 0 heterocycles. The molecule has 0 radical (unpaired) electrons. The van der Waals surface area contributed by atoms with Crippen LogP contribution in [0.2, 0.25) is 0 Å². The normalized spacial score (nSPS) is 11.6. The van der Waals surface area contributed by atoms with Crippen LogP contribution in [0.3, 0.4) is 0 Å². The minimum absolute atomic E-state index is 0.0216. The Kier molecular flexibility index (Phi) is 9.35. The van der Waals surface area contributed by atoms with Crippen LogP contribution in [-0.2, 0) is 30.4 Å². The Morgan fingerprint density at radius 2 is 0.872 bits per heavy atom. The third-order valence-electron chi connectivity index (χ3n) is 4.85. The molecule has 0 atom stereocenters. The van der Waals surface area contributed by atoms with E-state index >= 15 is 0 Å². The smallest absolute Gasteiger partial charge is 0.296 e. The van der Waals surface area contributed by atoms with Crippen molar-refractivity contribution >= 4 is 69.6 Å². The van der Waals surface area contributed by atoms with Crippen molar-refractivity contribution in [3.8, 4) is 0 Å². The fourth-order valence-corrected chi connectivity index (χ4v) is 4.59. The number of nitrogen functional groups attached to an aromatic ring is 5. The van der Waals surface area contributed by atoms with E-state index in [-0.39, 0.29) is 26.1 Å². The lowest BCUT2D eigenvalue weighted by atomic mass is 10.1. The summed E-state index contributed by atoms with van der Waals surface area (Å²) < 4.78 is 90.1. The molecule has 0 aromatic heterocycles. The predicted octanol–water partition coefficient (Wildman–Crippen LogP) is 1.86. The number of anilines is 5. The van der Waals surface area contributed by atoms with Crippen molar-refractivity contribution in [1.29, 1.82) is 0 Å². The standard InChI is InChI=1S/C10H10N2O3S.C6H8N2O3S.C6H7NO3S/c11-9-3-4-10(12)8-5-6(16(13,14)15)1-2-7(8)9;7-4-1-2-5(8)6(3-4)12(9,10)11;7-5-1-3-6(4-2-5)11(8,9)10/h1-5H,11-12H2,(H,13,14,15);1-3H,7-8H2,(H,9,10,11);1-4H,7H2,(H,8,9,10). The van der Waals surface area contributed by atoms with E-state index in [1.165, 1.54) is 54.6 Å². The molecule has 0 aliphatic rings. The van der Waals surface area contributed by atoms with E-state index in [4.69, 9.17) is 42.3 Å². The molecule has 14 nitrogen and oxygen atoms in total. The van der Waals surface area contributed by atoms with Crippen molar-refractivity contribution in [3.05, 3.63) is 72.8 Å². The van der Waals surface area contributed by atoms with Gasteiger partial charge in [-0.1, -0.05) is 6.07 Å². The van der Waals surface area contributed by atoms with Gasteiger partial charge in [-0.05, 0) is 66.7 Å². The van der Waals surface area contributed by atoms with E-state index in [9.17, 15) is 25.3 Å². The van der Waals surface area contributed by atoms with Crippen LogP contribution >= 0.6 is 0 Å². The molecule has 4 aromatic rings. The zero-order valence-corrected chi connectivity index (χ0v) is 22.3. The molecule has 0 saturated carbocycles. The van der Waals surface area contributed by atoms with Gasteiger partial charge < -0.3 is 28.7 Å². The molecule has 13 N–H and O–H groups in total. The van der Waals surface area contributed by atoms with Gasteiger partial charge in [-0.3, -0.25) is 13.7 Å². The van der Waals surface area contributed by atoms with E-state index in [2.05, 4.69) is 0 Å². The number of benzene rings is 4. The van der Waals surface area contributed by atoms with Gasteiger partial charge in [0.15, 0.2) is 0 Å². The van der Waals surface area contributed by atoms with E-state index in [0.29, 0.717) is 27.8 Å². The number of rotatable bonds is 3. The van der Waals surface area contributed by atoms with Gasteiger partial charge in [-0.25, -0.2) is 0 Å². The van der Waals surface area contributed by atoms with E-state index in [1.807, 2.05) is 0 Å². The lowest BCUT2D eigenvalue weighted by molar-refractivity contribution is 0.481. The Balaban J connectivity index is 0.000000210. The molecule has 0 bridgehead atoms. The van der Waals surface area contributed by atoms with E-state index in [1.54, 1.807) is 12.1 Å². The molecule has 4 rings (SSSR count). The average Bonchev–Trinajstić information content (AvgIpc) is 2.82. The molecule has 0 spiro atoms. The monoisotopic (exact) mass is 599 g/mol. The van der Waals surface area contributed by atoms with Crippen molar-refractivity contribution in [1.82, 2.24) is 0 Å². The summed E-state index contributed by atoms with van der Waals surface area (Å²) in [6.07, 6.45) is 0. The summed E-state index contributed by atoms with van der Waals surface area (Å²) in [5.74, 6) is 0. The van der Waals surface area contributed by atoms with Crippen molar-refractivity contribution in [2.45, 2.75) is 14.7 Å². The minimum atomic E-state index is -4.26. The Morgan fingerprint density at radius 3 is 1.33 bits per heavy atom. The van der Waals surface area contributed by atoms with Crippen LogP contribution in [0.5, 0.6) is 0 Å². The first-order valence-electron chi connectivity index (χ1n) is 10.3. The molecule has 0 fully saturated rings. The number of hydrogen-bond donors (Lipinski definition) is 8. The lowest BCUT2D eigenvalue weighted by Gasteiger charge is -2.06. The highest BCUT2D eigenvalue weighted by Gasteiger charge is 2.13. The van der Waals surface area contributed by atoms with Gasteiger partial charge >= 0.3 is 0 Å². The van der Waals surface area contributed by atoms with Gasteiger partial charge in [0, 0.05) is 33.5 Å². The Labute approximate surface area is 224 Å². The van der Waals surface area contributed by atoms with E-state index < -0.39 is 30.4 Å². The number of nitrogens with two attached hydrogens (primary N) is 5. The first kappa shape index (κ1) is 31.1. The Morgan fingerprint density at radius 1 is 0.436 bits per heavy atom. The maximum atomic E-state index is 11.0. The van der Waals surface area contributed by atoms with Crippen LogP contribution < -0.4 is 28.7 Å². The van der Waals surface area contributed by atoms with Crippen molar-refractivity contribution < 1.29 is 38.9 Å².